The van der Waals surface area contributed by atoms with Gasteiger partial charge in [0.15, 0.2) is 12.6 Å². The van der Waals surface area contributed by atoms with Gasteiger partial charge in [-0.2, -0.15) is 0 Å². The summed E-state index contributed by atoms with van der Waals surface area (Å²) >= 11 is 0. The summed E-state index contributed by atoms with van der Waals surface area (Å²) in [4.78, 5) is 53.3. The first-order chi connectivity index (χ1) is 44.5. The first kappa shape index (κ1) is 72.7. The van der Waals surface area contributed by atoms with E-state index in [0.717, 1.165) is 54.8 Å². The number of aromatic hydroxyl groups is 4. The molecule has 8 N–H and O–H groups in total. The van der Waals surface area contributed by atoms with Crippen molar-refractivity contribution in [3.05, 3.63) is 216 Å². The van der Waals surface area contributed by atoms with Crippen molar-refractivity contribution in [3.63, 3.8) is 0 Å². The van der Waals surface area contributed by atoms with E-state index >= 15 is 0 Å². The number of fused-ring (bicyclic) bond motifs is 12. The number of rotatable bonds is 4. The first-order valence-corrected chi connectivity index (χ1v) is 31.1. The van der Waals surface area contributed by atoms with E-state index < -0.39 is 0 Å². The van der Waals surface area contributed by atoms with Gasteiger partial charge in [-0.3, -0.25) is 19.6 Å². The van der Waals surface area contributed by atoms with Crippen molar-refractivity contribution < 1.29 is 63.6 Å². The zero-order valence-electron chi connectivity index (χ0n) is 55.6. The van der Waals surface area contributed by atoms with E-state index in [0.29, 0.717) is 101 Å². The fraction of sp³-hybridized carbons (Fsp3) is 0.210. The third-order valence-corrected chi connectivity index (χ3v) is 17.0. The summed E-state index contributed by atoms with van der Waals surface area (Å²) < 4.78 is 0. The van der Waals surface area contributed by atoms with E-state index in [2.05, 4.69) is 41.5 Å². The number of carbonyl (C=O) groups is 2. The second-order valence-electron chi connectivity index (χ2n) is 27.9. The fourth-order valence-corrected chi connectivity index (χ4v) is 11.1. The van der Waals surface area contributed by atoms with Crippen molar-refractivity contribution in [2.75, 3.05) is 11.5 Å². The van der Waals surface area contributed by atoms with Crippen LogP contribution >= 0.6 is 0 Å². The average Bonchev–Trinajstić information content (AvgIpc) is 0.781. The molecule has 498 valence electrons. The molecule has 13 rings (SSSR count). The van der Waals surface area contributed by atoms with E-state index in [-0.39, 0.29) is 96.8 Å². The third-order valence-electron chi connectivity index (χ3n) is 17.0. The number of nitrogens with zero attached hydrogens (tertiary/aromatic N) is 6. The molecule has 8 aromatic carbocycles. The van der Waals surface area contributed by atoms with Crippen molar-refractivity contribution in [2.24, 2.45) is 0 Å². The molecule has 5 aromatic heterocycles. The first-order valence-electron chi connectivity index (χ1n) is 31.1. The molecular weight excluding hydrogens is 1300 g/mol. The minimum atomic E-state index is -0.246. The van der Waals surface area contributed by atoms with E-state index in [1.165, 1.54) is 0 Å². The second-order valence-corrected chi connectivity index (χ2v) is 27.9. The van der Waals surface area contributed by atoms with Gasteiger partial charge in [0.2, 0.25) is 0 Å². The number of nitrogen functional groups attached to an aromatic ring is 2. The van der Waals surface area contributed by atoms with Crippen molar-refractivity contribution in [1.82, 2.24) is 29.9 Å². The summed E-state index contributed by atoms with van der Waals surface area (Å²) in [6, 6.07) is 53.4. The molecule has 0 saturated heterocycles. The number of benzene rings is 8. The minimum Gasteiger partial charge on any atom is -0.507 e. The Morgan fingerprint density at radius 1 is 0.340 bits per heavy atom. The fourth-order valence-electron chi connectivity index (χ4n) is 11.1. The van der Waals surface area contributed by atoms with Gasteiger partial charge in [-0.1, -0.05) is 163 Å². The van der Waals surface area contributed by atoms with E-state index in [1.807, 2.05) is 187 Å². The molecule has 0 saturated carbocycles. The molecule has 16 heteroatoms. The van der Waals surface area contributed by atoms with Crippen molar-refractivity contribution in [3.8, 4) is 45.5 Å². The van der Waals surface area contributed by atoms with Crippen LogP contribution in [0.25, 0.3) is 110 Å². The van der Waals surface area contributed by atoms with Crippen LogP contribution in [0.3, 0.4) is 0 Å². The summed E-state index contributed by atoms with van der Waals surface area (Å²) in [6.07, 6.45) is 4.69. The van der Waals surface area contributed by atoms with Crippen LogP contribution in [0.1, 0.15) is 133 Å². The van der Waals surface area contributed by atoms with Crippen LogP contribution in [0.2, 0.25) is 0 Å². The number of nitrogens with two attached hydrogens (primary N) is 2. The van der Waals surface area contributed by atoms with E-state index in [4.69, 9.17) is 41.4 Å². The zero-order valence-corrected chi connectivity index (χ0v) is 57.7. The molecule has 0 aliphatic heterocycles. The maximum absolute atomic E-state index is 11.8. The maximum Gasteiger partial charge on any atom is 0.153 e. The molecule has 8 bridgehead atoms. The van der Waals surface area contributed by atoms with Gasteiger partial charge in [-0.25, -0.2) is 19.9 Å². The number of phenolic OH excluding ortho intramolecular Hbond substituents is 4. The van der Waals surface area contributed by atoms with Crippen molar-refractivity contribution in [2.45, 2.75) is 112 Å². The van der Waals surface area contributed by atoms with E-state index in [1.54, 1.807) is 36.7 Å². The molecule has 13 aromatic rings. The normalized spacial score (nSPS) is 11.6. The SMILES string of the molecule is C.CC(C)(C)c1cc(C=O)c(O)c(-c2ccc3ccc4ccc(-c5cc(C(C)(C)C)cc(C=O)c5O)nc4c3n2)c1.CC(C)(C)c1cc2cnc3ccccc3ncc3cc(C(C)(C)C)cc(c3O)c3ccc4ccc5ccc(nc5c4n3)c(c1)c2O.Nc1ccccc1N.[Co].[Co]. The smallest absolute Gasteiger partial charge is 0.153 e. The van der Waals surface area contributed by atoms with Crippen LogP contribution in [0.4, 0.5) is 11.4 Å². The van der Waals surface area contributed by atoms with Gasteiger partial charge in [0.05, 0.1) is 78.0 Å². The number of anilines is 2. The number of para-hydroxylation sites is 4. The molecule has 0 atom stereocenters. The van der Waals surface area contributed by atoms with Gasteiger partial charge in [-0.15, -0.1) is 0 Å². The molecule has 0 spiro atoms. The monoisotopic (exact) mass is 1380 g/mol. The third kappa shape index (κ3) is 15.1. The Hall–Kier alpha value is -10.1. The molecule has 5 heterocycles. The average molecular weight is 1380 g/mol. The Balaban J connectivity index is 0.000000217. The molecule has 0 aliphatic rings. The molecule has 0 fully saturated rings. The summed E-state index contributed by atoms with van der Waals surface area (Å²) in [5.74, 6) is -0.0218. The van der Waals surface area contributed by atoms with Gasteiger partial charge in [0.1, 0.15) is 23.0 Å². The van der Waals surface area contributed by atoms with Crippen molar-refractivity contribution in [1.29, 1.82) is 0 Å². The van der Waals surface area contributed by atoms with Crippen LogP contribution in [-0.4, -0.2) is 62.9 Å². The number of pyridine rings is 4. The summed E-state index contributed by atoms with van der Waals surface area (Å²) in [6.45, 7) is 25.2. The topological polar surface area (TPSA) is 244 Å². The Labute approximate surface area is 585 Å². The molecule has 0 aliphatic carbocycles. The summed E-state index contributed by atoms with van der Waals surface area (Å²) in [7, 11) is 0. The van der Waals surface area contributed by atoms with Gasteiger partial charge >= 0.3 is 0 Å². The van der Waals surface area contributed by atoms with E-state index in [9.17, 15) is 30.0 Å². The molecule has 0 unspecified atom stereocenters. The standard InChI is InChI=1S/C40H36N4O2.C34H32N2O4.C6H8N2.CH4.2Co/c1-39(2,3)27-17-25-21-41-33-9-7-8-10-34(33)42-22-26-18-28(40(4,5)6)20-30(38(26)46)32-16-14-24-12-11-23-13-15-31(29(19-27)37(25)45)43-35(23)36(24)44-32;1-33(2,3)23-13-21(17-37)31(39)25(15-23)27-11-9-19-7-8-20-10-12-28(36-30(20)29(19)35-27)26-16-24(34(4,5)6)14-22(18-38)32(26)40;7-5-3-1-2-4-6(5)8;;;/h7-22,45-46H,1-6H3;7-18,39-40H,1-6H3;1-4H,7-8H2;1H4;;. The van der Waals surface area contributed by atoms with Crippen LogP contribution in [-0.2, 0) is 55.2 Å². The summed E-state index contributed by atoms with van der Waals surface area (Å²) in [5, 5.41) is 51.2. The van der Waals surface area contributed by atoms with Gasteiger partial charge in [0.25, 0.3) is 0 Å². The molecule has 14 nitrogen and oxygen atoms in total. The maximum atomic E-state index is 11.8. The van der Waals surface area contributed by atoms with Crippen LogP contribution in [0, 0.1) is 0 Å². The number of hydrogen-bond donors (Lipinski definition) is 6. The van der Waals surface area contributed by atoms with Crippen LogP contribution in [0.15, 0.2) is 182 Å². The second kappa shape index (κ2) is 28.3. The number of phenols is 4. The van der Waals surface area contributed by atoms with Gasteiger partial charge in [0, 0.05) is 100 Å². The Bertz CT molecular complexity index is 5010. The quantitative estimate of drug-likeness (QED) is 0.0545. The number of hydrogen-bond acceptors (Lipinski definition) is 14. The Morgan fingerprint density at radius 2 is 0.639 bits per heavy atom. The van der Waals surface area contributed by atoms with Crippen LogP contribution in [0.5, 0.6) is 23.0 Å². The predicted octanol–water partition coefficient (Wildman–Crippen LogP) is 19.1. The summed E-state index contributed by atoms with van der Waals surface area (Å²) in [5.41, 5.74) is 22.7. The Kier molecular flexibility index (Phi) is 21.2. The molecule has 97 heavy (non-hydrogen) atoms. The van der Waals surface area contributed by atoms with Crippen molar-refractivity contribution >= 4 is 111 Å². The molecular formula is C81H80Co2N8O6. The minimum absolute atomic E-state index is 0. The molecule has 0 amide bonds. The zero-order chi connectivity index (χ0) is 67.3. The number of carbonyl (C=O) groups excluding carboxylic acids is 2. The Morgan fingerprint density at radius 3 is 0.959 bits per heavy atom. The number of aldehydes is 2. The van der Waals surface area contributed by atoms with Gasteiger partial charge in [-0.05, 0) is 141 Å². The van der Waals surface area contributed by atoms with Crippen LogP contribution < -0.4 is 11.5 Å². The number of aromatic nitrogens is 6. The van der Waals surface area contributed by atoms with Gasteiger partial charge < -0.3 is 31.9 Å². The predicted molar refractivity (Wildman–Crippen MR) is 391 cm³/mol. The molecule has 2 radical (unpaired) electrons. The largest absolute Gasteiger partial charge is 0.507 e.